The Hall–Kier alpha value is -1.81. The molecular weight excluding hydrogens is 262 g/mol. The molecule has 1 aromatic heterocycles. The molecule has 1 aliphatic rings. The van der Waals surface area contributed by atoms with Crippen LogP contribution in [0.3, 0.4) is 0 Å². The van der Waals surface area contributed by atoms with E-state index >= 15 is 0 Å². The highest BCUT2D eigenvalue weighted by molar-refractivity contribution is 5.90. The molecule has 1 saturated heterocycles. The lowest BCUT2D eigenvalue weighted by molar-refractivity contribution is 0.411. The molecule has 0 unspecified atom stereocenters. The van der Waals surface area contributed by atoms with Crippen LogP contribution in [-0.2, 0) is 0 Å². The van der Waals surface area contributed by atoms with Gasteiger partial charge in [0.2, 0.25) is 0 Å². The quantitative estimate of drug-likeness (QED) is 0.907. The fraction of sp³-hybridized carbons (Fsp3) is 0.471. The molecule has 0 atom stereocenters. The standard InChI is InChI=1S/C17H23N3O/c1-2-9-18-13-7-11-20(12-8-13)16-6-5-15-14(17(16)21)4-3-10-19-15/h3-6,10,13,18,21H,2,7-9,11-12H2,1H3. The van der Waals surface area contributed by atoms with Crippen molar-refractivity contribution in [1.82, 2.24) is 10.3 Å². The fourth-order valence-electron chi connectivity index (χ4n) is 3.05. The SMILES string of the molecule is CCCNC1CCN(c2ccc3ncccc3c2O)CC1. The topological polar surface area (TPSA) is 48.4 Å². The van der Waals surface area contributed by atoms with E-state index in [4.69, 9.17) is 0 Å². The number of rotatable bonds is 4. The van der Waals surface area contributed by atoms with Crippen LogP contribution < -0.4 is 10.2 Å². The predicted octanol–water partition coefficient (Wildman–Crippen LogP) is 2.91. The van der Waals surface area contributed by atoms with Gasteiger partial charge in [0.05, 0.1) is 11.2 Å². The Labute approximate surface area is 125 Å². The maximum atomic E-state index is 10.5. The summed E-state index contributed by atoms with van der Waals surface area (Å²) >= 11 is 0. The van der Waals surface area contributed by atoms with E-state index in [0.717, 1.165) is 49.1 Å². The van der Waals surface area contributed by atoms with Crippen molar-refractivity contribution < 1.29 is 5.11 Å². The molecule has 1 fully saturated rings. The third-order valence-electron chi connectivity index (χ3n) is 4.25. The number of phenolic OH excluding ortho intramolecular Hbond substituents is 1. The summed E-state index contributed by atoms with van der Waals surface area (Å²) in [6, 6.07) is 8.39. The van der Waals surface area contributed by atoms with Crippen LogP contribution in [0.1, 0.15) is 26.2 Å². The summed E-state index contributed by atoms with van der Waals surface area (Å²) < 4.78 is 0. The van der Waals surface area contributed by atoms with Crippen molar-refractivity contribution in [2.24, 2.45) is 0 Å². The number of piperidine rings is 1. The number of phenols is 1. The fourth-order valence-corrected chi connectivity index (χ4v) is 3.05. The molecule has 112 valence electrons. The number of nitrogens with zero attached hydrogens (tertiary/aromatic N) is 2. The highest BCUT2D eigenvalue weighted by Gasteiger charge is 2.21. The largest absolute Gasteiger partial charge is 0.505 e. The molecule has 0 aliphatic carbocycles. The lowest BCUT2D eigenvalue weighted by atomic mass is 10.0. The second kappa shape index (κ2) is 6.31. The average Bonchev–Trinajstić information content (AvgIpc) is 2.54. The van der Waals surface area contributed by atoms with Crippen molar-refractivity contribution >= 4 is 16.6 Å². The van der Waals surface area contributed by atoms with Gasteiger partial charge in [-0.1, -0.05) is 6.92 Å². The van der Waals surface area contributed by atoms with Crippen molar-refractivity contribution in [3.8, 4) is 5.75 Å². The zero-order valence-electron chi connectivity index (χ0n) is 12.5. The van der Waals surface area contributed by atoms with E-state index < -0.39 is 0 Å². The van der Waals surface area contributed by atoms with Crippen molar-refractivity contribution in [2.75, 3.05) is 24.5 Å². The Bertz CT molecular complexity index is 606. The highest BCUT2D eigenvalue weighted by atomic mass is 16.3. The maximum Gasteiger partial charge on any atom is 0.148 e. The van der Waals surface area contributed by atoms with Gasteiger partial charge in [-0.15, -0.1) is 0 Å². The Morgan fingerprint density at radius 3 is 2.86 bits per heavy atom. The van der Waals surface area contributed by atoms with Gasteiger partial charge >= 0.3 is 0 Å². The van der Waals surface area contributed by atoms with Crippen LogP contribution in [-0.4, -0.2) is 35.8 Å². The third-order valence-corrected chi connectivity index (χ3v) is 4.25. The van der Waals surface area contributed by atoms with Crippen LogP contribution >= 0.6 is 0 Å². The number of hydrogen-bond donors (Lipinski definition) is 2. The molecule has 0 amide bonds. The molecule has 2 N–H and O–H groups in total. The van der Waals surface area contributed by atoms with Gasteiger partial charge in [0.15, 0.2) is 0 Å². The third kappa shape index (κ3) is 2.95. The van der Waals surface area contributed by atoms with Crippen molar-refractivity contribution in [1.29, 1.82) is 0 Å². The molecule has 1 aliphatic heterocycles. The van der Waals surface area contributed by atoms with E-state index in [1.54, 1.807) is 6.20 Å². The van der Waals surface area contributed by atoms with Crippen molar-refractivity contribution in [3.05, 3.63) is 30.5 Å². The molecular formula is C17H23N3O. The molecule has 4 nitrogen and oxygen atoms in total. The number of pyridine rings is 1. The van der Waals surface area contributed by atoms with Gasteiger partial charge in [-0.25, -0.2) is 0 Å². The van der Waals surface area contributed by atoms with Crippen molar-refractivity contribution in [3.63, 3.8) is 0 Å². The zero-order chi connectivity index (χ0) is 14.7. The van der Waals surface area contributed by atoms with E-state index in [1.807, 2.05) is 24.3 Å². The van der Waals surface area contributed by atoms with E-state index in [2.05, 4.69) is 22.1 Å². The summed E-state index contributed by atoms with van der Waals surface area (Å²) in [4.78, 5) is 6.57. The molecule has 0 radical (unpaired) electrons. The summed E-state index contributed by atoms with van der Waals surface area (Å²) in [5.41, 5.74) is 1.78. The lowest BCUT2D eigenvalue weighted by Crippen LogP contribution is -2.42. The molecule has 0 bridgehead atoms. The van der Waals surface area contributed by atoms with Gasteiger partial charge < -0.3 is 15.3 Å². The molecule has 1 aromatic carbocycles. The molecule has 4 heteroatoms. The normalized spacial score (nSPS) is 16.5. The summed E-state index contributed by atoms with van der Waals surface area (Å²) in [6.45, 7) is 5.27. The zero-order valence-corrected chi connectivity index (χ0v) is 12.5. The minimum Gasteiger partial charge on any atom is -0.505 e. The van der Waals surface area contributed by atoms with Crippen molar-refractivity contribution in [2.45, 2.75) is 32.2 Å². The minimum atomic E-state index is 0.362. The summed E-state index contributed by atoms with van der Waals surface area (Å²) in [6.07, 6.45) is 5.19. The van der Waals surface area contributed by atoms with Gasteiger partial charge in [0.25, 0.3) is 0 Å². The first-order valence-electron chi connectivity index (χ1n) is 7.84. The Kier molecular flexibility index (Phi) is 4.25. The van der Waals surface area contributed by atoms with Gasteiger partial charge in [0, 0.05) is 30.7 Å². The average molecular weight is 285 g/mol. The van der Waals surface area contributed by atoms with Gasteiger partial charge in [-0.2, -0.15) is 0 Å². The Morgan fingerprint density at radius 1 is 1.29 bits per heavy atom. The lowest BCUT2D eigenvalue weighted by Gasteiger charge is -2.34. The highest BCUT2D eigenvalue weighted by Crippen LogP contribution is 2.35. The van der Waals surface area contributed by atoms with Crippen LogP contribution in [0.25, 0.3) is 10.9 Å². The Morgan fingerprint density at radius 2 is 2.10 bits per heavy atom. The monoisotopic (exact) mass is 285 g/mol. The summed E-state index contributed by atoms with van der Waals surface area (Å²) in [5, 5.41) is 14.9. The van der Waals surface area contributed by atoms with E-state index in [-0.39, 0.29) is 0 Å². The number of aromatic hydroxyl groups is 1. The Balaban J connectivity index is 1.75. The minimum absolute atomic E-state index is 0.362. The number of fused-ring (bicyclic) bond motifs is 1. The van der Waals surface area contributed by atoms with Crippen LogP contribution in [0.4, 0.5) is 5.69 Å². The first-order valence-corrected chi connectivity index (χ1v) is 7.84. The molecule has 0 saturated carbocycles. The molecule has 0 spiro atoms. The van der Waals surface area contributed by atoms with Crippen LogP contribution in [0, 0.1) is 0 Å². The predicted molar refractivity (Wildman–Crippen MR) is 86.9 cm³/mol. The first-order chi connectivity index (χ1) is 10.3. The van der Waals surface area contributed by atoms with Gasteiger partial charge in [-0.3, -0.25) is 4.98 Å². The molecule has 21 heavy (non-hydrogen) atoms. The van der Waals surface area contributed by atoms with Gasteiger partial charge in [-0.05, 0) is 50.1 Å². The van der Waals surface area contributed by atoms with Crippen LogP contribution in [0.15, 0.2) is 30.5 Å². The maximum absolute atomic E-state index is 10.5. The van der Waals surface area contributed by atoms with E-state index in [0.29, 0.717) is 11.8 Å². The molecule has 2 aromatic rings. The first kappa shape index (κ1) is 14.1. The van der Waals surface area contributed by atoms with E-state index in [1.165, 1.54) is 6.42 Å². The molecule has 3 rings (SSSR count). The summed E-state index contributed by atoms with van der Waals surface area (Å²) in [7, 11) is 0. The second-order valence-corrected chi connectivity index (χ2v) is 5.72. The number of benzene rings is 1. The van der Waals surface area contributed by atoms with Crippen LogP contribution in [0.2, 0.25) is 0 Å². The van der Waals surface area contributed by atoms with E-state index in [9.17, 15) is 5.11 Å². The number of nitrogens with one attached hydrogen (secondary N) is 1. The summed E-state index contributed by atoms with van der Waals surface area (Å²) in [5.74, 6) is 0.362. The molecule has 2 heterocycles. The smallest absolute Gasteiger partial charge is 0.148 e. The van der Waals surface area contributed by atoms with Crippen LogP contribution in [0.5, 0.6) is 5.75 Å². The number of hydrogen-bond acceptors (Lipinski definition) is 4. The number of aromatic nitrogens is 1. The van der Waals surface area contributed by atoms with Gasteiger partial charge in [0.1, 0.15) is 5.75 Å². The second-order valence-electron chi connectivity index (χ2n) is 5.72. The number of anilines is 1.